The molecule has 1 saturated carbocycles. The van der Waals surface area contributed by atoms with Crippen molar-refractivity contribution in [3.05, 3.63) is 71.3 Å². The van der Waals surface area contributed by atoms with Crippen LogP contribution in [0.25, 0.3) is 0 Å². The van der Waals surface area contributed by atoms with Gasteiger partial charge in [-0.2, -0.15) is 0 Å². The molecule has 0 unspecified atom stereocenters. The minimum Gasteiger partial charge on any atom is -0.366 e. The summed E-state index contributed by atoms with van der Waals surface area (Å²) in [4.78, 5) is 25.7. The number of hydrogen-bond donors (Lipinski definition) is 1. The molecule has 0 atom stereocenters. The lowest BCUT2D eigenvalue weighted by Gasteiger charge is -2.22. The van der Waals surface area contributed by atoms with E-state index in [0.29, 0.717) is 23.7 Å². The first kappa shape index (κ1) is 14.3. The van der Waals surface area contributed by atoms with Crippen LogP contribution in [0, 0.1) is 0 Å². The molecule has 2 aromatic carbocycles. The van der Waals surface area contributed by atoms with Gasteiger partial charge in [-0.1, -0.05) is 30.3 Å². The Labute approximate surface area is 129 Å². The highest BCUT2D eigenvalue weighted by Crippen LogP contribution is 2.29. The van der Waals surface area contributed by atoms with Gasteiger partial charge in [0.1, 0.15) is 0 Å². The standard InChI is InChI=1S/C18H18N2O2/c19-17(21)14-6-8-15(9-7-14)18(22)20(16-10-11-16)12-13-4-2-1-3-5-13/h1-9,16H,10-12H2,(H2,19,21). The zero-order chi connectivity index (χ0) is 15.5. The molecule has 1 fully saturated rings. The van der Waals surface area contributed by atoms with E-state index < -0.39 is 5.91 Å². The number of nitrogens with two attached hydrogens (primary N) is 1. The highest BCUT2D eigenvalue weighted by atomic mass is 16.2. The first-order valence-corrected chi connectivity index (χ1v) is 7.40. The van der Waals surface area contributed by atoms with Gasteiger partial charge in [0.15, 0.2) is 0 Å². The van der Waals surface area contributed by atoms with Crippen molar-refractivity contribution in [2.24, 2.45) is 5.73 Å². The molecule has 2 N–H and O–H groups in total. The average molecular weight is 294 g/mol. The molecule has 4 nitrogen and oxygen atoms in total. The molecule has 2 aromatic rings. The van der Waals surface area contributed by atoms with E-state index in [9.17, 15) is 9.59 Å². The van der Waals surface area contributed by atoms with Crippen molar-refractivity contribution < 1.29 is 9.59 Å². The molecule has 3 rings (SSSR count). The van der Waals surface area contributed by atoms with Crippen molar-refractivity contribution in [2.45, 2.75) is 25.4 Å². The number of hydrogen-bond acceptors (Lipinski definition) is 2. The van der Waals surface area contributed by atoms with Gasteiger partial charge < -0.3 is 10.6 Å². The van der Waals surface area contributed by atoms with Crippen LogP contribution in [0.2, 0.25) is 0 Å². The number of amides is 2. The lowest BCUT2D eigenvalue weighted by Crippen LogP contribution is -2.32. The first-order chi connectivity index (χ1) is 10.6. The van der Waals surface area contributed by atoms with Crippen LogP contribution in [0.15, 0.2) is 54.6 Å². The molecule has 1 aliphatic rings. The summed E-state index contributed by atoms with van der Waals surface area (Å²) in [6.45, 7) is 0.613. The van der Waals surface area contributed by atoms with Crippen LogP contribution in [0.3, 0.4) is 0 Å². The van der Waals surface area contributed by atoms with Gasteiger partial charge in [0.05, 0.1) is 0 Å². The third-order valence-corrected chi connectivity index (χ3v) is 3.86. The highest BCUT2D eigenvalue weighted by Gasteiger charge is 2.33. The molecule has 2 amide bonds. The number of carbonyl (C=O) groups is 2. The van der Waals surface area contributed by atoms with E-state index in [4.69, 9.17) is 5.73 Å². The molecule has 112 valence electrons. The van der Waals surface area contributed by atoms with Crippen molar-refractivity contribution in [1.29, 1.82) is 0 Å². The summed E-state index contributed by atoms with van der Waals surface area (Å²) in [5, 5.41) is 0. The quantitative estimate of drug-likeness (QED) is 0.921. The minimum absolute atomic E-state index is 0.00220. The molecule has 0 radical (unpaired) electrons. The number of benzene rings is 2. The van der Waals surface area contributed by atoms with Crippen molar-refractivity contribution >= 4 is 11.8 Å². The predicted octanol–water partition coefficient (Wildman–Crippen LogP) is 2.59. The van der Waals surface area contributed by atoms with E-state index >= 15 is 0 Å². The molecule has 0 aromatic heterocycles. The first-order valence-electron chi connectivity index (χ1n) is 7.40. The van der Waals surface area contributed by atoms with Gasteiger partial charge in [-0.25, -0.2) is 0 Å². The zero-order valence-corrected chi connectivity index (χ0v) is 12.2. The fourth-order valence-corrected chi connectivity index (χ4v) is 2.48. The van der Waals surface area contributed by atoms with E-state index in [0.717, 1.165) is 18.4 Å². The second kappa shape index (κ2) is 6.02. The summed E-state index contributed by atoms with van der Waals surface area (Å²) in [6, 6.07) is 16.8. The van der Waals surface area contributed by atoms with Crippen LogP contribution in [0.4, 0.5) is 0 Å². The van der Waals surface area contributed by atoms with Gasteiger partial charge in [0.25, 0.3) is 5.91 Å². The second-order valence-corrected chi connectivity index (χ2v) is 5.59. The maximum atomic E-state index is 12.7. The van der Waals surface area contributed by atoms with Crippen molar-refractivity contribution in [3.8, 4) is 0 Å². The van der Waals surface area contributed by atoms with Crippen LogP contribution >= 0.6 is 0 Å². The van der Waals surface area contributed by atoms with Gasteiger partial charge in [-0.05, 0) is 42.7 Å². The Morgan fingerprint density at radius 1 is 0.955 bits per heavy atom. The average Bonchev–Trinajstić information content (AvgIpc) is 3.38. The van der Waals surface area contributed by atoms with Gasteiger partial charge in [0, 0.05) is 23.7 Å². The molecule has 0 spiro atoms. The van der Waals surface area contributed by atoms with Crippen molar-refractivity contribution in [3.63, 3.8) is 0 Å². The van der Waals surface area contributed by atoms with E-state index in [1.807, 2.05) is 35.2 Å². The zero-order valence-electron chi connectivity index (χ0n) is 12.2. The molecule has 0 saturated heterocycles. The number of primary amides is 1. The Hall–Kier alpha value is -2.62. The Morgan fingerprint density at radius 3 is 2.09 bits per heavy atom. The normalized spacial score (nSPS) is 13.6. The Bertz CT molecular complexity index is 676. The van der Waals surface area contributed by atoms with E-state index in [1.54, 1.807) is 24.3 Å². The van der Waals surface area contributed by atoms with Crippen LogP contribution in [-0.4, -0.2) is 22.8 Å². The third-order valence-electron chi connectivity index (χ3n) is 3.86. The fraction of sp³-hybridized carbons (Fsp3) is 0.222. The number of rotatable bonds is 5. The minimum atomic E-state index is -0.484. The van der Waals surface area contributed by atoms with E-state index in [1.165, 1.54) is 0 Å². The Balaban J connectivity index is 1.79. The Morgan fingerprint density at radius 2 is 1.55 bits per heavy atom. The summed E-state index contributed by atoms with van der Waals surface area (Å²) in [7, 11) is 0. The van der Waals surface area contributed by atoms with Crippen LogP contribution in [0.5, 0.6) is 0 Å². The van der Waals surface area contributed by atoms with Crippen molar-refractivity contribution in [2.75, 3.05) is 0 Å². The molecule has 0 heterocycles. The smallest absolute Gasteiger partial charge is 0.254 e. The predicted molar refractivity (Wildman–Crippen MR) is 84.3 cm³/mol. The molecule has 0 bridgehead atoms. The molecule has 4 heteroatoms. The molecule has 22 heavy (non-hydrogen) atoms. The van der Waals surface area contributed by atoms with Crippen LogP contribution < -0.4 is 5.73 Å². The molecule has 0 aliphatic heterocycles. The lowest BCUT2D eigenvalue weighted by molar-refractivity contribution is 0.0729. The fourth-order valence-electron chi connectivity index (χ4n) is 2.48. The monoisotopic (exact) mass is 294 g/mol. The highest BCUT2D eigenvalue weighted by molar-refractivity contribution is 5.97. The number of carbonyl (C=O) groups excluding carboxylic acids is 2. The molecule has 1 aliphatic carbocycles. The maximum absolute atomic E-state index is 12.7. The number of nitrogens with zero attached hydrogens (tertiary/aromatic N) is 1. The van der Waals surface area contributed by atoms with Gasteiger partial charge in [-0.15, -0.1) is 0 Å². The van der Waals surface area contributed by atoms with E-state index in [2.05, 4.69) is 0 Å². The lowest BCUT2D eigenvalue weighted by atomic mass is 10.1. The summed E-state index contributed by atoms with van der Waals surface area (Å²) in [5.74, 6) is -0.482. The second-order valence-electron chi connectivity index (χ2n) is 5.59. The van der Waals surface area contributed by atoms with Crippen LogP contribution in [0.1, 0.15) is 39.1 Å². The van der Waals surface area contributed by atoms with Gasteiger partial charge >= 0.3 is 0 Å². The van der Waals surface area contributed by atoms with Gasteiger partial charge in [0.2, 0.25) is 5.91 Å². The maximum Gasteiger partial charge on any atom is 0.254 e. The summed E-state index contributed by atoms with van der Waals surface area (Å²) < 4.78 is 0. The SMILES string of the molecule is NC(=O)c1ccc(C(=O)N(Cc2ccccc2)C2CC2)cc1. The van der Waals surface area contributed by atoms with Crippen molar-refractivity contribution in [1.82, 2.24) is 4.90 Å². The molecular formula is C18H18N2O2. The Kier molecular flexibility index (Phi) is 3.92. The van der Waals surface area contributed by atoms with Crippen LogP contribution in [-0.2, 0) is 6.54 Å². The third kappa shape index (κ3) is 3.17. The summed E-state index contributed by atoms with van der Waals surface area (Å²) >= 11 is 0. The van der Waals surface area contributed by atoms with E-state index in [-0.39, 0.29) is 5.91 Å². The topological polar surface area (TPSA) is 63.4 Å². The largest absolute Gasteiger partial charge is 0.366 e. The summed E-state index contributed by atoms with van der Waals surface area (Å²) in [6.07, 6.45) is 2.11. The summed E-state index contributed by atoms with van der Waals surface area (Å²) in [5.41, 5.74) is 7.35. The molecular weight excluding hydrogens is 276 g/mol. The van der Waals surface area contributed by atoms with Gasteiger partial charge in [-0.3, -0.25) is 9.59 Å².